The third kappa shape index (κ3) is 10.3. The molecule has 0 fully saturated rings. The summed E-state index contributed by atoms with van der Waals surface area (Å²) in [4.78, 5) is 53.0. The van der Waals surface area contributed by atoms with Crippen molar-refractivity contribution in [3.8, 4) is 5.75 Å². The summed E-state index contributed by atoms with van der Waals surface area (Å²) in [6.07, 6.45) is 4.92. The second-order valence-electron chi connectivity index (χ2n) is 15.9. The van der Waals surface area contributed by atoms with E-state index in [1.807, 2.05) is 6.92 Å². The number of carbonyl (C=O) groups is 4. The van der Waals surface area contributed by atoms with E-state index in [0.717, 1.165) is 32.1 Å². The highest BCUT2D eigenvalue weighted by atomic mass is 16.6. The van der Waals surface area contributed by atoms with E-state index in [-0.39, 0.29) is 30.7 Å². The molecular formula is C41H67NO8. The summed E-state index contributed by atoms with van der Waals surface area (Å²) in [5, 5.41) is 2.62. The molecule has 9 heteroatoms. The zero-order valence-electron chi connectivity index (χ0n) is 33.4. The molecule has 1 aromatic carbocycles. The first kappa shape index (κ1) is 44.7. The Morgan fingerprint density at radius 2 is 1.32 bits per heavy atom. The van der Waals surface area contributed by atoms with Crippen molar-refractivity contribution in [1.29, 1.82) is 0 Å². The van der Waals surface area contributed by atoms with E-state index >= 15 is 0 Å². The van der Waals surface area contributed by atoms with Crippen molar-refractivity contribution in [3.63, 3.8) is 0 Å². The lowest BCUT2D eigenvalue weighted by Crippen LogP contribution is -2.63. The van der Waals surface area contributed by atoms with Gasteiger partial charge in [0.15, 0.2) is 0 Å². The number of ether oxygens (including phenoxy) is 4. The molecule has 0 aromatic heterocycles. The molecule has 3 unspecified atom stereocenters. The molecule has 0 saturated heterocycles. The summed E-state index contributed by atoms with van der Waals surface area (Å²) in [5.74, 6) is -1.40. The first-order valence-corrected chi connectivity index (χ1v) is 18.4. The molecule has 1 N–H and O–H groups in total. The molecule has 0 saturated carbocycles. The van der Waals surface area contributed by atoms with Crippen molar-refractivity contribution < 1.29 is 38.1 Å². The van der Waals surface area contributed by atoms with Crippen molar-refractivity contribution >= 4 is 29.7 Å². The summed E-state index contributed by atoms with van der Waals surface area (Å²) in [6.45, 7) is 30.5. The maximum Gasteiger partial charge on any atom is 0.411 e. The van der Waals surface area contributed by atoms with Crippen LogP contribution in [0.1, 0.15) is 135 Å². The fraction of sp³-hybridized carbons (Fsp3) is 0.707. The molecule has 0 heterocycles. The van der Waals surface area contributed by atoms with Crippen LogP contribution >= 0.6 is 0 Å². The Morgan fingerprint density at radius 1 is 0.760 bits per heavy atom. The largest absolute Gasteiger partial charge is 0.465 e. The molecule has 50 heavy (non-hydrogen) atoms. The summed E-state index contributed by atoms with van der Waals surface area (Å²) in [5.41, 5.74) is -2.56. The van der Waals surface area contributed by atoms with Crippen LogP contribution in [0.15, 0.2) is 36.4 Å². The van der Waals surface area contributed by atoms with E-state index in [9.17, 15) is 19.2 Å². The predicted molar refractivity (Wildman–Crippen MR) is 200 cm³/mol. The molecule has 0 radical (unpaired) electrons. The van der Waals surface area contributed by atoms with Crippen LogP contribution in [0.4, 0.5) is 10.5 Å². The first-order valence-electron chi connectivity index (χ1n) is 18.4. The number of carbonyl (C=O) groups excluding carboxylic acids is 4. The quantitative estimate of drug-likeness (QED) is 0.0442. The summed E-state index contributed by atoms with van der Waals surface area (Å²) >= 11 is 0. The molecule has 1 rings (SSSR count). The zero-order chi connectivity index (χ0) is 38.6. The molecule has 9 nitrogen and oxygen atoms in total. The van der Waals surface area contributed by atoms with Gasteiger partial charge in [0.05, 0.1) is 17.9 Å². The molecule has 0 bridgehead atoms. The van der Waals surface area contributed by atoms with Crippen LogP contribution in [0.25, 0.3) is 0 Å². The van der Waals surface area contributed by atoms with Gasteiger partial charge in [0.25, 0.3) is 0 Å². The van der Waals surface area contributed by atoms with Gasteiger partial charge in [-0.1, -0.05) is 108 Å². The van der Waals surface area contributed by atoms with E-state index in [4.69, 9.17) is 18.9 Å². The number of benzene rings is 1. The number of hydrogen-bond donors (Lipinski definition) is 1. The van der Waals surface area contributed by atoms with Crippen molar-refractivity contribution in [2.75, 3.05) is 25.1 Å². The normalized spacial score (nSPS) is 15.1. The zero-order valence-corrected chi connectivity index (χ0v) is 33.4. The number of hydrogen-bond acceptors (Lipinski definition) is 8. The van der Waals surface area contributed by atoms with Gasteiger partial charge < -0.3 is 18.9 Å². The fourth-order valence-electron chi connectivity index (χ4n) is 7.57. The maximum absolute atomic E-state index is 14.4. The predicted octanol–water partition coefficient (Wildman–Crippen LogP) is 10.3. The second kappa shape index (κ2) is 18.8. The van der Waals surface area contributed by atoms with Gasteiger partial charge in [-0.25, -0.2) is 9.59 Å². The molecule has 0 aliphatic carbocycles. The molecule has 3 atom stereocenters. The van der Waals surface area contributed by atoms with Gasteiger partial charge in [-0.15, -0.1) is 0 Å². The number of amides is 1. The Labute approximate surface area is 302 Å². The number of unbranched alkanes of at least 4 members (excludes halogenated alkanes) is 1. The third-order valence-corrected chi connectivity index (χ3v) is 11.6. The fourth-order valence-corrected chi connectivity index (χ4v) is 7.57. The van der Waals surface area contributed by atoms with Crippen molar-refractivity contribution in [2.45, 2.75) is 135 Å². The van der Waals surface area contributed by atoms with E-state index in [1.165, 1.54) is 0 Å². The van der Waals surface area contributed by atoms with Crippen molar-refractivity contribution in [3.05, 3.63) is 36.4 Å². The standard InChI is InChI=1S/C41H67NO8/c1-15-19-26-48-35(45)41(14,38(9,10)24-16-2)39(11,12)40(13,25-17-3)32(37(7,8)18-4)34(44)47-27-28-49-36(46)42-30-20-22-31(23-21-30)50-33(43)29(5)6/h20-23,32H,5,15-19,24-28H2,1-4,6-14H3,(H,42,46). The maximum atomic E-state index is 14.4. The summed E-state index contributed by atoms with van der Waals surface area (Å²) < 4.78 is 22.5. The van der Waals surface area contributed by atoms with Crippen LogP contribution in [0, 0.1) is 33.0 Å². The van der Waals surface area contributed by atoms with E-state index < -0.39 is 45.1 Å². The minimum Gasteiger partial charge on any atom is -0.465 e. The smallest absolute Gasteiger partial charge is 0.411 e. The lowest BCUT2D eigenvalue weighted by Gasteiger charge is -2.62. The number of anilines is 1. The molecule has 0 aliphatic heterocycles. The Balaban J connectivity index is 3.32. The second-order valence-corrected chi connectivity index (χ2v) is 15.9. The van der Waals surface area contributed by atoms with Gasteiger partial charge in [0, 0.05) is 11.3 Å². The Hall–Kier alpha value is -3.36. The third-order valence-electron chi connectivity index (χ3n) is 11.6. The average molecular weight is 702 g/mol. The van der Waals surface area contributed by atoms with Crippen LogP contribution in [0.5, 0.6) is 5.75 Å². The highest BCUT2D eigenvalue weighted by molar-refractivity contribution is 5.89. The van der Waals surface area contributed by atoms with Gasteiger partial charge in [0.1, 0.15) is 19.0 Å². The van der Waals surface area contributed by atoms with Crippen LogP contribution in [-0.4, -0.2) is 43.8 Å². The van der Waals surface area contributed by atoms with Gasteiger partial charge >= 0.3 is 24.0 Å². The lowest BCUT2D eigenvalue weighted by atomic mass is 9.40. The van der Waals surface area contributed by atoms with Crippen LogP contribution < -0.4 is 10.1 Å². The Bertz CT molecular complexity index is 1300. The van der Waals surface area contributed by atoms with E-state index in [0.29, 0.717) is 30.9 Å². The van der Waals surface area contributed by atoms with Gasteiger partial charge in [-0.3, -0.25) is 14.9 Å². The van der Waals surface area contributed by atoms with Crippen molar-refractivity contribution in [2.24, 2.45) is 33.0 Å². The van der Waals surface area contributed by atoms with Crippen molar-refractivity contribution in [1.82, 2.24) is 0 Å². The number of nitrogens with one attached hydrogen (secondary N) is 1. The van der Waals surface area contributed by atoms with Crippen LogP contribution in [0.2, 0.25) is 0 Å². The Morgan fingerprint density at radius 3 is 1.82 bits per heavy atom. The molecule has 284 valence electrons. The molecule has 1 aromatic rings. The molecular weight excluding hydrogens is 634 g/mol. The number of rotatable bonds is 21. The monoisotopic (exact) mass is 701 g/mol. The SMILES string of the molecule is C=C(C)C(=O)Oc1ccc(NC(=O)OCCOC(=O)C(C(C)(C)CC)C(C)(CCC)C(C)(C)C(C)(C(=O)OCCCC)C(C)(C)CCC)cc1. The highest BCUT2D eigenvalue weighted by Crippen LogP contribution is 2.66. The van der Waals surface area contributed by atoms with Gasteiger partial charge in [-0.05, 0) is 79.0 Å². The lowest BCUT2D eigenvalue weighted by molar-refractivity contribution is -0.208. The van der Waals surface area contributed by atoms with Gasteiger partial charge in [-0.2, -0.15) is 0 Å². The molecule has 0 spiro atoms. The molecule has 0 aliphatic rings. The van der Waals surface area contributed by atoms with Crippen LogP contribution in [0.3, 0.4) is 0 Å². The summed E-state index contributed by atoms with van der Waals surface area (Å²) in [7, 11) is 0. The average Bonchev–Trinajstić information content (AvgIpc) is 3.03. The van der Waals surface area contributed by atoms with Gasteiger partial charge in [0.2, 0.25) is 0 Å². The number of esters is 3. The summed E-state index contributed by atoms with van der Waals surface area (Å²) in [6, 6.07) is 6.24. The topological polar surface area (TPSA) is 117 Å². The molecule has 1 amide bonds. The highest BCUT2D eigenvalue weighted by Gasteiger charge is 2.67. The Kier molecular flexibility index (Phi) is 16.8. The van der Waals surface area contributed by atoms with Crippen LogP contribution in [-0.2, 0) is 28.6 Å². The van der Waals surface area contributed by atoms with E-state index in [2.05, 4.69) is 88.1 Å². The minimum atomic E-state index is -0.943. The van der Waals surface area contributed by atoms with E-state index in [1.54, 1.807) is 31.2 Å². The minimum absolute atomic E-state index is 0.126. The first-order chi connectivity index (χ1) is 23.1.